The zero-order valence-electron chi connectivity index (χ0n) is 21.3. The number of carbonyl (C=O) groups excluding carboxylic acids is 3. The molecule has 2 aliphatic carbocycles. The van der Waals surface area contributed by atoms with Gasteiger partial charge in [0.15, 0.2) is 0 Å². The van der Waals surface area contributed by atoms with Gasteiger partial charge >= 0.3 is 6.09 Å². The zero-order chi connectivity index (χ0) is 24.6. The highest BCUT2D eigenvalue weighted by molar-refractivity contribution is 5.79. The predicted octanol–water partition coefficient (Wildman–Crippen LogP) is 3.02. The van der Waals surface area contributed by atoms with Gasteiger partial charge in [0.05, 0.1) is 24.3 Å². The fourth-order valence-corrected chi connectivity index (χ4v) is 7.15. The number of piperazine rings is 1. The summed E-state index contributed by atoms with van der Waals surface area (Å²) in [6, 6.07) is 0.0350. The van der Waals surface area contributed by atoms with E-state index in [1.54, 1.807) is 6.92 Å². The Morgan fingerprint density at radius 2 is 1.59 bits per heavy atom. The Morgan fingerprint density at radius 1 is 0.912 bits per heavy atom. The van der Waals surface area contributed by atoms with Gasteiger partial charge in [-0.2, -0.15) is 0 Å². The van der Waals surface area contributed by atoms with Crippen molar-refractivity contribution in [2.45, 2.75) is 109 Å². The van der Waals surface area contributed by atoms with Gasteiger partial charge in [0.25, 0.3) is 0 Å². The second-order valence-corrected chi connectivity index (χ2v) is 11.4. The van der Waals surface area contributed by atoms with E-state index in [4.69, 9.17) is 4.74 Å². The van der Waals surface area contributed by atoms with Gasteiger partial charge in [0.2, 0.25) is 11.8 Å². The molecule has 4 fully saturated rings. The van der Waals surface area contributed by atoms with Crippen molar-refractivity contribution in [2.75, 3.05) is 19.6 Å². The van der Waals surface area contributed by atoms with Gasteiger partial charge in [-0.15, -0.1) is 0 Å². The molecule has 3 unspecified atom stereocenters. The molecule has 34 heavy (non-hydrogen) atoms. The molecule has 5 atom stereocenters. The number of aliphatic hydroxyl groups excluding tert-OH is 1. The molecule has 2 aliphatic heterocycles. The summed E-state index contributed by atoms with van der Waals surface area (Å²) in [5.74, 6) is 1.45. The molecule has 0 radical (unpaired) electrons. The largest absolute Gasteiger partial charge is 0.447 e. The number of ether oxygens (including phenoxy) is 1. The molecule has 0 aromatic heterocycles. The zero-order valence-corrected chi connectivity index (χ0v) is 21.3. The van der Waals surface area contributed by atoms with Crippen molar-refractivity contribution >= 4 is 17.9 Å². The second kappa shape index (κ2) is 10.4. The maximum absolute atomic E-state index is 13.0. The van der Waals surface area contributed by atoms with Crippen LogP contribution in [0.4, 0.5) is 4.79 Å². The fraction of sp³-hybridized carbons (Fsp3) is 0.885. The normalized spacial score (nSPS) is 36.4. The van der Waals surface area contributed by atoms with Crippen LogP contribution in [0.5, 0.6) is 0 Å². The monoisotopic (exact) mass is 477 g/mol. The molecule has 4 rings (SSSR count). The molecule has 4 aliphatic rings. The number of carbonyl (C=O) groups is 3. The first-order chi connectivity index (χ1) is 16.2. The van der Waals surface area contributed by atoms with Gasteiger partial charge < -0.3 is 24.5 Å². The highest BCUT2D eigenvalue weighted by Gasteiger charge is 2.48. The maximum Gasteiger partial charge on any atom is 0.410 e. The van der Waals surface area contributed by atoms with Crippen molar-refractivity contribution in [3.8, 4) is 0 Å². The highest BCUT2D eigenvalue weighted by atomic mass is 16.6. The first-order valence-corrected chi connectivity index (χ1v) is 13.4. The molecular weight excluding hydrogens is 434 g/mol. The first kappa shape index (κ1) is 25.3. The molecule has 0 aromatic rings. The van der Waals surface area contributed by atoms with E-state index in [0.717, 1.165) is 44.9 Å². The minimum atomic E-state index is -0.367. The molecule has 2 saturated carbocycles. The quantitative estimate of drug-likeness (QED) is 0.675. The van der Waals surface area contributed by atoms with Crippen LogP contribution in [0.25, 0.3) is 0 Å². The predicted molar refractivity (Wildman–Crippen MR) is 128 cm³/mol. The number of rotatable bonds is 3. The van der Waals surface area contributed by atoms with Crippen LogP contribution in [0, 0.1) is 17.8 Å². The van der Waals surface area contributed by atoms with Gasteiger partial charge in [0.1, 0.15) is 0 Å². The minimum absolute atomic E-state index is 0.00413. The lowest BCUT2D eigenvalue weighted by Crippen LogP contribution is -2.67. The molecule has 0 spiro atoms. The second-order valence-electron chi connectivity index (χ2n) is 11.4. The average Bonchev–Trinajstić information content (AvgIpc) is 3.23. The number of fused-ring (bicyclic) bond motifs is 1. The van der Waals surface area contributed by atoms with Crippen LogP contribution in [0.3, 0.4) is 0 Å². The van der Waals surface area contributed by atoms with Gasteiger partial charge in [-0.1, -0.05) is 0 Å². The van der Waals surface area contributed by atoms with E-state index < -0.39 is 0 Å². The average molecular weight is 478 g/mol. The van der Waals surface area contributed by atoms with E-state index in [1.165, 1.54) is 0 Å². The lowest BCUT2D eigenvalue weighted by Gasteiger charge is -2.54. The number of β-amino-alcohol motifs (C(OH)–C–C–N with tert-alkyl or cyclic N) is 1. The Morgan fingerprint density at radius 3 is 2.18 bits per heavy atom. The summed E-state index contributed by atoms with van der Waals surface area (Å²) in [4.78, 5) is 44.1. The van der Waals surface area contributed by atoms with Gasteiger partial charge in [-0.05, 0) is 84.0 Å². The fourth-order valence-electron chi connectivity index (χ4n) is 7.15. The number of hydrogen-bond acceptors (Lipinski definition) is 5. The van der Waals surface area contributed by atoms with Crippen molar-refractivity contribution in [3.63, 3.8) is 0 Å². The lowest BCUT2D eigenvalue weighted by atomic mass is 9.68. The Kier molecular flexibility index (Phi) is 7.75. The molecule has 0 aromatic carbocycles. The summed E-state index contributed by atoms with van der Waals surface area (Å²) in [6.45, 7) is 9.09. The summed E-state index contributed by atoms with van der Waals surface area (Å²) in [7, 11) is 0. The van der Waals surface area contributed by atoms with Crippen LogP contribution in [0.2, 0.25) is 0 Å². The molecule has 2 saturated heterocycles. The van der Waals surface area contributed by atoms with Crippen LogP contribution in [0.15, 0.2) is 0 Å². The summed E-state index contributed by atoms with van der Waals surface area (Å²) in [5.41, 5.74) is 0. The lowest BCUT2D eigenvalue weighted by molar-refractivity contribution is -0.142. The van der Waals surface area contributed by atoms with Crippen molar-refractivity contribution in [2.24, 2.45) is 17.8 Å². The number of likely N-dealkylation sites (tertiary alicyclic amines) is 1. The van der Waals surface area contributed by atoms with E-state index >= 15 is 0 Å². The van der Waals surface area contributed by atoms with Crippen LogP contribution in [0.1, 0.15) is 79.1 Å². The van der Waals surface area contributed by atoms with Gasteiger partial charge in [-0.3, -0.25) is 9.59 Å². The first-order valence-electron chi connectivity index (χ1n) is 13.4. The van der Waals surface area contributed by atoms with Crippen LogP contribution in [-0.4, -0.2) is 87.7 Å². The third-order valence-corrected chi connectivity index (χ3v) is 8.71. The molecule has 8 nitrogen and oxygen atoms in total. The maximum atomic E-state index is 13.0. The number of amides is 3. The number of hydrogen-bond donors (Lipinski definition) is 1. The van der Waals surface area contributed by atoms with E-state index in [2.05, 4.69) is 0 Å². The molecule has 2 heterocycles. The third-order valence-electron chi connectivity index (χ3n) is 8.71. The van der Waals surface area contributed by atoms with Crippen LogP contribution < -0.4 is 0 Å². The summed E-state index contributed by atoms with van der Waals surface area (Å²) in [5, 5.41) is 9.78. The Labute approximate surface area is 204 Å². The Bertz CT molecular complexity index is 766. The highest BCUT2D eigenvalue weighted by Crippen LogP contribution is 2.44. The van der Waals surface area contributed by atoms with Crippen molar-refractivity contribution in [1.82, 2.24) is 14.7 Å². The summed E-state index contributed by atoms with van der Waals surface area (Å²) >= 11 is 0. The summed E-state index contributed by atoms with van der Waals surface area (Å²) < 4.78 is 5.58. The van der Waals surface area contributed by atoms with Crippen LogP contribution in [-0.2, 0) is 14.3 Å². The molecule has 1 N–H and O–H groups in total. The van der Waals surface area contributed by atoms with Gasteiger partial charge in [-0.25, -0.2) is 4.79 Å². The summed E-state index contributed by atoms with van der Waals surface area (Å²) in [6.07, 6.45) is 6.67. The van der Waals surface area contributed by atoms with Crippen LogP contribution >= 0.6 is 0 Å². The van der Waals surface area contributed by atoms with E-state index in [0.29, 0.717) is 37.9 Å². The molecule has 0 bridgehead atoms. The Hall–Kier alpha value is -1.83. The number of nitrogens with zero attached hydrogens (tertiary/aromatic N) is 3. The third kappa shape index (κ3) is 5.21. The van der Waals surface area contributed by atoms with Crippen molar-refractivity contribution < 1.29 is 24.2 Å². The molecular formula is C26H43N3O5. The minimum Gasteiger partial charge on any atom is -0.447 e. The Balaban J connectivity index is 1.40. The van der Waals surface area contributed by atoms with E-state index in [-0.39, 0.29) is 54.2 Å². The van der Waals surface area contributed by atoms with E-state index in [1.807, 2.05) is 35.5 Å². The molecule has 192 valence electrons. The SMILES string of the molecule is CC(=O)N1C2CCC(C3CCC(C(=O)N4CC[C@@H](O)C4)CC3)CC2N(C(=O)OC(C)C)C[C@@H]1C. The smallest absolute Gasteiger partial charge is 0.410 e. The standard InChI is InChI=1S/C26H43N3O5/c1-16(2)34-26(33)28-14-17(3)29(18(4)30)23-10-9-21(13-24(23)28)19-5-7-20(8-6-19)25(32)27-12-11-22(31)15-27/h16-17,19-24,31H,5-15H2,1-4H3/t17-,19?,20?,21?,22+,23?,24?/m0/s1. The van der Waals surface area contributed by atoms with E-state index in [9.17, 15) is 19.5 Å². The van der Waals surface area contributed by atoms with Crippen molar-refractivity contribution in [1.29, 1.82) is 0 Å². The molecule has 3 amide bonds. The van der Waals surface area contributed by atoms with Gasteiger partial charge in [0, 0.05) is 38.5 Å². The topological polar surface area (TPSA) is 90.4 Å². The van der Waals surface area contributed by atoms with Crippen molar-refractivity contribution in [3.05, 3.63) is 0 Å². The number of aliphatic hydroxyl groups is 1. The molecule has 8 heteroatoms.